The first-order valence-corrected chi connectivity index (χ1v) is 9.54. The summed E-state index contributed by atoms with van der Waals surface area (Å²) in [7, 11) is 0. The van der Waals surface area contributed by atoms with Gasteiger partial charge in [0.25, 0.3) is 5.91 Å². The molecule has 0 aliphatic carbocycles. The third-order valence-electron chi connectivity index (χ3n) is 5.23. The first kappa shape index (κ1) is 16.9. The van der Waals surface area contributed by atoms with Gasteiger partial charge in [-0.2, -0.15) is 0 Å². The molecule has 1 aromatic carbocycles. The molecule has 6 nitrogen and oxygen atoms in total. The van der Waals surface area contributed by atoms with Crippen molar-refractivity contribution < 1.29 is 9.59 Å². The predicted octanol–water partition coefficient (Wildman–Crippen LogP) is 2.48. The Bertz CT molecular complexity index is 889. The Morgan fingerprint density at radius 3 is 2.77 bits per heavy atom. The number of nitrogens with one attached hydrogen (secondary N) is 1. The highest BCUT2D eigenvalue weighted by Crippen LogP contribution is 2.34. The second kappa shape index (κ2) is 6.32. The number of hydrogen-bond acceptors (Lipinski definition) is 5. The van der Waals surface area contributed by atoms with Crippen molar-refractivity contribution in [1.82, 2.24) is 15.2 Å². The lowest BCUT2D eigenvalue weighted by molar-refractivity contribution is -0.123. The molecule has 2 atom stereocenters. The maximum atomic E-state index is 12.7. The lowest BCUT2D eigenvalue weighted by Crippen LogP contribution is -2.43. The third-order valence-corrected chi connectivity index (χ3v) is 6.21. The van der Waals surface area contributed by atoms with Crippen LogP contribution < -0.4 is 5.32 Å². The summed E-state index contributed by atoms with van der Waals surface area (Å²) >= 11 is 1.60. The first-order valence-electron chi connectivity index (χ1n) is 8.66. The molecule has 1 saturated heterocycles. The van der Waals surface area contributed by atoms with Gasteiger partial charge < -0.3 is 10.2 Å². The van der Waals surface area contributed by atoms with Crippen molar-refractivity contribution in [2.75, 3.05) is 6.54 Å². The molecule has 4 rings (SSSR count). The van der Waals surface area contributed by atoms with Crippen molar-refractivity contribution in [2.24, 2.45) is 4.99 Å². The molecule has 2 aliphatic rings. The number of carbonyl (C=O) groups is 2. The van der Waals surface area contributed by atoms with Gasteiger partial charge in [-0.15, -0.1) is 11.3 Å². The van der Waals surface area contributed by atoms with E-state index in [0.29, 0.717) is 12.4 Å². The van der Waals surface area contributed by atoms with E-state index < -0.39 is 5.54 Å². The van der Waals surface area contributed by atoms with Crippen LogP contribution in [0.3, 0.4) is 0 Å². The lowest BCUT2D eigenvalue weighted by atomic mass is 9.91. The molecule has 1 N–H and O–H groups in total. The monoisotopic (exact) mass is 368 g/mol. The van der Waals surface area contributed by atoms with E-state index in [-0.39, 0.29) is 11.9 Å². The summed E-state index contributed by atoms with van der Waals surface area (Å²) in [6, 6.07) is 7.79. The number of aromatic nitrogens is 1. The number of hydrogen-bond donors (Lipinski definition) is 1. The molecule has 0 radical (unpaired) electrons. The summed E-state index contributed by atoms with van der Waals surface area (Å²) in [4.78, 5) is 35.7. The summed E-state index contributed by atoms with van der Waals surface area (Å²) in [5.74, 6) is 0.455. The molecule has 0 saturated carbocycles. The minimum Gasteiger partial charge on any atom is -0.335 e. The number of nitrogens with zero attached hydrogens (tertiary/aromatic N) is 3. The Labute approximate surface area is 156 Å². The number of amidine groups is 1. The van der Waals surface area contributed by atoms with Gasteiger partial charge in [0.05, 0.1) is 22.1 Å². The van der Waals surface area contributed by atoms with E-state index in [2.05, 4.69) is 10.3 Å². The largest absolute Gasteiger partial charge is 0.335 e. The lowest BCUT2D eigenvalue weighted by Gasteiger charge is -2.19. The van der Waals surface area contributed by atoms with E-state index >= 15 is 0 Å². The average molecular weight is 368 g/mol. The van der Waals surface area contributed by atoms with Crippen LogP contribution in [0.1, 0.15) is 31.0 Å². The highest BCUT2D eigenvalue weighted by atomic mass is 32.1. The molecule has 1 aromatic heterocycles. The molecule has 134 valence electrons. The van der Waals surface area contributed by atoms with Crippen LogP contribution in [0, 0.1) is 6.92 Å². The Hall–Kier alpha value is -2.54. The number of likely N-dealkylation sites (tertiary alicyclic amines) is 1. The number of carbonyl (C=O) groups excluding carboxylic acids is 2. The second-order valence-corrected chi connectivity index (χ2v) is 7.72. The maximum Gasteiger partial charge on any atom is 0.257 e. The van der Waals surface area contributed by atoms with Crippen LogP contribution in [0.4, 0.5) is 0 Å². The molecule has 2 amide bonds. The molecule has 2 unspecified atom stereocenters. The number of thiazole rings is 1. The summed E-state index contributed by atoms with van der Waals surface area (Å²) in [5, 5.41) is 2.90. The third kappa shape index (κ3) is 2.63. The second-order valence-electron chi connectivity index (χ2n) is 6.87. The van der Waals surface area contributed by atoms with Gasteiger partial charge in [0.15, 0.2) is 5.54 Å². The van der Waals surface area contributed by atoms with E-state index in [1.54, 1.807) is 16.2 Å². The quantitative estimate of drug-likeness (QED) is 0.843. The zero-order chi connectivity index (χ0) is 18.3. The zero-order valence-electron chi connectivity index (χ0n) is 14.7. The topological polar surface area (TPSA) is 74.7 Å². The normalized spacial score (nSPS) is 25.3. The molecular weight excluding hydrogens is 348 g/mol. The first-order chi connectivity index (χ1) is 12.5. The number of benzene rings is 1. The van der Waals surface area contributed by atoms with Crippen molar-refractivity contribution >= 4 is 29.5 Å². The summed E-state index contributed by atoms with van der Waals surface area (Å²) in [6.45, 7) is 4.52. The van der Waals surface area contributed by atoms with Crippen molar-refractivity contribution in [1.29, 1.82) is 0 Å². The van der Waals surface area contributed by atoms with Gasteiger partial charge in [0.1, 0.15) is 5.84 Å². The number of rotatable bonds is 4. The van der Waals surface area contributed by atoms with E-state index in [4.69, 9.17) is 4.99 Å². The van der Waals surface area contributed by atoms with Gasteiger partial charge >= 0.3 is 0 Å². The minimum atomic E-state index is -0.965. The van der Waals surface area contributed by atoms with Crippen molar-refractivity contribution in [3.63, 3.8) is 0 Å². The highest BCUT2D eigenvalue weighted by Gasteiger charge is 2.44. The van der Waals surface area contributed by atoms with E-state index in [0.717, 1.165) is 40.9 Å². The van der Waals surface area contributed by atoms with Crippen LogP contribution in [0.25, 0.3) is 10.4 Å². The molecule has 2 aliphatic heterocycles. The van der Waals surface area contributed by atoms with Gasteiger partial charge in [-0.05, 0) is 37.8 Å². The average Bonchev–Trinajstić information content (AvgIpc) is 3.35. The van der Waals surface area contributed by atoms with E-state index in [1.165, 1.54) is 0 Å². The van der Waals surface area contributed by atoms with Crippen LogP contribution >= 0.6 is 11.3 Å². The van der Waals surface area contributed by atoms with E-state index in [1.807, 2.05) is 43.6 Å². The zero-order valence-corrected chi connectivity index (χ0v) is 15.5. The van der Waals surface area contributed by atoms with E-state index in [9.17, 15) is 9.59 Å². The molecule has 2 aromatic rings. The van der Waals surface area contributed by atoms with Crippen molar-refractivity contribution in [3.05, 3.63) is 41.0 Å². The molecule has 3 heterocycles. The fourth-order valence-electron chi connectivity index (χ4n) is 3.65. The predicted molar refractivity (Wildman–Crippen MR) is 101 cm³/mol. The number of amides is 2. The van der Waals surface area contributed by atoms with Gasteiger partial charge in [0.2, 0.25) is 6.41 Å². The summed E-state index contributed by atoms with van der Waals surface area (Å²) < 4.78 is 0. The molecule has 0 bridgehead atoms. The molecule has 26 heavy (non-hydrogen) atoms. The van der Waals surface area contributed by atoms with Gasteiger partial charge in [-0.1, -0.05) is 24.3 Å². The Kier molecular flexibility index (Phi) is 4.11. The summed E-state index contributed by atoms with van der Waals surface area (Å²) in [6.07, 6.45) is 2.60. The molecule has 1 fully saturated rings. The minimum absolute atomic E-state index is 0.127. The smallest absolute Gasteiger partial charge is 0.257 e. The Balaban J connectivity index is 1.64. The van der Waals surface area contributed by atoms with Gasteiger partial charge in [-0.3, -0.25) is 9.59 Å². The summed E-state index contributed by atoms with van der Waals surface area (Å²) in [5.41, 5.74) is 3.80. The van der Waals surface area contributed by atoms with Crippen LogP contribution in [0.15, 0.2) is 34.8 Å². The van der Waals surface area contributed by atoms with Crippen LogP contribution in [-0.4, -0.2) is 40.6 Å². The number of aliphatic imine (C=N–C) groups is 1. The molecule has 7 heteroatoms. The SMILES string of the molecule is Cc1ncsc1-c1ccc(C2(C)N=C(C3CCCN3C=O)NC2=O)cc1. The molecule has 0 spiro atoms. The van der Waals surface area contributed by atoms with Crippen LogP contribution in [0.5, 0.6) is 0 Å². The van der Waals surface area contributed by atoms with Crippen molar-refractivity contribution in [3.8, 4) is 10.4 Å². The highest BCUT2D eigenvalue weighted by molar-refractivity contribution is 7.13. The Morgan fingerprint density at radius 1 is 1.35 bits per heavy atom. The van der Waals surface area contributed by atoms with Crippen LogP contribution in [0.2, 0.25) is 0 Å². The standard InChI is InChI=1S/C19H20N4O2S/c1-12-16(26-10-20-12)13-5-7-14(8-6-13)19(2)18(25)21-17(22-19)15-4-3-9-23(15)11-24/h5-8,10-11,15H,3-4,9H2,1-2H3,(H,21,22,25). The molecular formula is C19H20N4O2S. The van der Waals surface area contributed by atoms with Crippen LogP contribution in [-0.2, 0) is 15.1 Å². The van der Waals surface area contributed by atoms with Gasteiger partial charge in [0, 0.05) is 6.54 Å². The van der Waals surface area contributed by atoms with Crippen molar-refractivity contribution in [2.45, 2.75) is 38.3 Å². The fraction of sp³-hybridized carbons (Fsp3) is 0.368. The maximum absolute atomic E-state index is 12.7. The Morgan fingerprint density at radius 2 is 2.12 bits per heavy atom. The van der Waals surface area contributed by atoms with Gasteiger partial charge in [-0.25, -0.2) is 9.98 Å². The fourth-order valence-corrected chi connectivity index (χ4v) is 4.46. The number of aryl methyl sites for hydroxylation is 1.